The van der Waals surface area contributed by atoms with Crippen molar-refractivity contribution in [2.24, 2.45) is 0 Å². The molecule has 1 aliphatic carbocycles. The van der Waals surface area contributed by atoms with E-state index in [1.54, 1.807) is 0 Å². The van der Waals surface area contributed by atoms with Gasteiger partial charge in [0.05, 0.1) is 6.10 Å². The van der Waals surface area contributed by atoms with Gasteiger partial charge in [-0.25, -0.2) is 0 Å². The van der Waals surface area contributed by atoms with Gasteiger partial charge in [-0.3, -0.25) is 0 Å². The summed E-state index contributed by atoms with van der Waals surface area (Å²) in [6, 6.07) is 8.58. The zero-order chi connectivity index (χ0) is 13.0. The van der Waals surface area contributed by atoms with Crippen molar-refractivity contribution in [2.45, 2.75) is 51.3 Å². The zero-order valence-corrected chi connectivity index (χ0v) is 11.2. The Hall–Kier alpha value is -1.06. The van der Waals surface area contributed by atoms with Crippen molar-refractivity contribution in [3.63, 3.8) is 0 Å². The van der Waals surface area contributed by atoms with Gasteiger partial charge in [-0.05, 0) is 45.2 Å². The lowest BCUT2D eigenvalue weighted by molar-refractivity contribution is 0.137. The zero-order valence-electron chi connectivity index (χ0n) is 11.2. The Labute approximate surface area is 109 Å². The maximum Gasteiger partial charge on any atom is 0.119 e. The van der Waals surface area contributed by atoms with E-state index in [9.17, 15) is 5.11 Å². The summed E-state index contributed by atoms with van der Waals surface area (Å²) in [5.74, 6) is 0.904. The maximum atomic E-state index is 9.75. The fourth-order valence-electron chi connectivity index (χ4n) is 2.40. The number of nitrogens with one attached hydrogen (secondary N) is 1. The number of hydrogen-bond acceptors (Lipinski definition) is 3. The van der Waals surface area contributed by atoms with Gasteiger partial charge in [0.25, 0.3) is 0 Å². The van der Waals surface area contributed by atoms with Crippen LogP contribution in [-0.2, 0) is 0 Å². The molecule has 0 radical (unpaired) electrons. The molecule has 1 aromatic rings. The Morgan fingerprint density at radius 2 is 2.06 bits per heavy atom. The van der Waals surface area contributed by atoms with Crippen LogP contribution in [0.1, 0.15) is 31.7 Å². The first kappa shape index (κ1) is 13.4. The molecular formula is C15H23NO2. The average Bonchev–Trinajstić information content (AvgIpc) is 2.74. The van der Waals surface area contributed by atoms with Crippen molar-refractivity contribution < 1.29 is 9.84 Å². The molecule has 0 bridgehead atoms. The van der Waals surface area contributed by atoms with Gasteiger partial charge in [0.15, 0.2) is 0 Å². The van der Waals surface area contributed by atoms with Gasteiger partial charge in [-0.15, -0.1) is 0 Å². The van der Waals surface area contributed by atoms with Crippen LogP contribution in [0.5, 0.6) is 5.75 Å². The number of hydrogen-bond donors (Lipinski definition) is 2. The quantitative estimate of drug-likeness (QED) is 0.841. The molecule has 100 valence electrons. The second-order valence-electron chi connectivity index (χ2n) is 5.30. The van der Waals surface area contributed by atoms with E-state index in [4.69, 9.17) is 4.74 Å². The molecule has 3 heteroatoms. The van der Waals surface area contributed by atoms with Gasteiger partial charge < -0.3 is 15.2 Å². The second-order valence-corrected chi connectivity index (χ2v) is 5.30. The third-order valence-corrected chi connectivity index (χ3v) is 3.50. The highest BCUT2D eigenvalue weighted by Gasteiger charge is 2.26. The van der Waals surface area contributed by atoms with Crippen LogP contribution >= 0.6 is 0 Å². The Balaban J connectivity index is 1.74. The molecule has 0 spiro atoms. The average molecular weight is 249 g/mol. The van der Waals surface area contributed by atoms with Crippen LogP contribution < -0.4 is 10.1 Å². The summed E-state index contributed by atoms with van der Waals surface area (Å²) >= 11 is 0. The van der Waals surface area contributed by atoms with Crippen molar-refractivity contribution in [3.05, 3.63) is 29.8 Å². The predicted molar refractivity (Wildman–Crippen MR) is 72.9 cm³/mol. The molecule has 2 N–H and O–H groups in total. The minimum absolute atomic E-state index is 0.188. The number of aryl methyl sites for hydroxylation is 1. The standard InChI is InChI=1S/C15H23NO2/c1-11-6-8-13(9-7-11)18-10-12(2)16-14-4-3-5-15(14)17/h6-9,12,14-17H,3-5,10H2,1-2H3. The van der Waals surface area contributed by atoms with E-state index in [1.807, 2.05) is 24.3 Å². The third kappa shape index (κ3) is 3.72. The molecule has 3 unspecified atom stereocenters. The van der Waals surface area contributed by atoms with Crippen LogP contribution in [-0.4, -0.2) is 29.9 Å². The SMILES string of the molecule is Cc1ccc(OCC(C)NC2CCCC2O)cc1. The fourth-order valence-corrected chi connectivity index (χ4v) is 2.40. The summed E-state index contributed by atoms with van der Waals surface area (Å²) in [7, 11) is 0. The molecule has 18 heavy (non-hydrogen) atoms. The molecule has 1 aliphatic rings. The normalized spacial score (nSPS) is 25.1. The van der Waals surface area contributed by atoms with Crippen molar-refractivity contribution in [1.82, 2.24) is 5.32 Å². The number of ether oxygens (including phenoxy) is 1. The van der Waals surface area contributed by atoms with Crippen molar-refractivity contribution in [3.8, 4) is 5.75 Å². The number of rotatable bonds is 5. The predicted octanol–water partition coefficient (Wildman–Crippen LogP) is 2.27. The lowest BCUT2D eigenvalue weighted by Crippen LogP contribution is -2.43. The molecule has 1 aromatic carbocycles. The second kappa shape index (κ2) is 6.21. The summed E-state index contributed by atoms with van der Waals surface area (Å²) in [6.07, 6.45) is 2.91. The van der Waals surface area contributed by atoms with E-state index in [2.05, 4.69) is 19.2 Å². The third-order valence-electron chi connectivity index (χ3n) is 3.50. The molecule has 3 atom stereocenters. The van der Waals surface area contributed by atoms with Crippen LogP contribution in [0.2, 0.25) is 0 Å². The summed E-state index contributed by atoms with van der Waals surface area (Å²) in [6.45, 7) is 4.79. The van der Waals surface area contributed by atoms with Gasteiger partial charge in [0.1, 0.15) is 12.4 Å². The van der Waals surface area contributed by atoms with Crippen LogP contribution in [0, 0.1) is 6.92 Å². The number of aliphatic hydroxyl groups is 1. The van der Waals surface area contributed by atoms with E-state index in [1.165, 1.54) is 5.56 Å². The van der Waals surface area contributed by atoms with Gasteiger partial charge >= 0.3 is 0 Å². The minimum atomic E-state index is -0.188. The fraction of sp³-hybridized carbons (Fsp3) is 0.600. The molecule has 0 aromatic heterocycles. The summed E-state index contributed by atoms with van der Waals surface area (Å²) < 4.78 is 5.72. The van der Waals surface area contributed by atoms with E-state index < -0.39 is 0 Å². The minimum Gasteiger partial charge on any atom is -0.492 e. The molecule has 0 aliphatic heterocycles. The monoisotopic (exact) mass is 249 g/mol. The summed E-state index contributed by atoms with van der Waals surface area (Å²) in [5, 5.41) is 13.2. The summed E-state index contributed by atoms with van der Waals surface area (Å²) in [4.78, 5) is 0. The topological polar surface area (TPSA) is 41.5 Å². The molecule has 0 amide bonds. The van der Waals surface area contributed by atoms with E-state index >= 15 is 0 Å². The number of aliphatic hydroxyl groups excluding tert-OH is 1. The van der Waals surface area contributed by atoms with Crippen molar-refractivity contribution in [1.29, 1.82) is 0 Å². The lowest BCUT2D eigenvalue weighted by Gasteiger charge is -2.22. The molecule has 1 saturated carbocycles. The Morgan fingerprint density at radius 3 is 2.67 bits per heavy atom. The molecule has 0 heterocycles. The Bertz CT molecular complexity index is 363. The van der Waals surface area contributed by atoms with Crippen molar-refractivity contribution >= 4 is 0 Å². The molecule has 3 nitrogen and oxygen atoms in total. The maximum absolute atomic E-state index is 9.75. The van der Waals surface area contributed by atoms with Crippen LogP contribution in [0.25, 0.3) is 0 Å². The van der Waals surface area contributed by atoms with Crippen LogP contribution in [0.4, 0.5) is 0 Å². The van der Waals surface area contributed by atoms with E-state index in [-0.39, 0.29) is 18.2 Å². The number of benzene rings is 1. The largest absolute Gasteiger partial charge is 0.492 e. The Kier molecular flexibility index (Phi) is 4.61. The summed E-state index contributed by atoms with van der Waals surface area (Å²) in [5.41, 5.74) is 1.24. The van der Waals surface area contributed by atoms with Gasteiger partial charge in [0.2, 0.25) is 0 Å². The lowest BCUT2D eigenvalue weighted by atomic mass is 10.2. The van der Waals surface area contributed by atoms with E-state index in [0.717, 1.165) is 25.0 Å². The molecular weight excluding hydrogens is 226 g/mol. The highest BCUT2D eigenvalue weighted by molar-refractivity contribution is 5.26. The smallest absolute Gasteiger partial charge is 0.119 e. The van der Waals surface area contributed by atoms with Crippen molar-refractivity contribution in [2.75, 3.05) is 6.61 Å². The van der Waals surface area contributed by atoms with Crippen LogP contribution in [0.15, 0.2) is 24.3 Å². The highest BCUT2D eigenvalue weighted by Crippen LogP contribution is 2.19. The first-order valence-corrected chi connectivity index (χ1v) is 6.79. The highest BCUT2D eigenvalue weighted by atomic mass is 16.5. The molecule has 1 fully saturated rings. The van der Waals surface area contributed by atoms with Gasteiger partial charge in [-0.2, -0.15) is 0 Å². The van der Waals surface area contributed by atoms with E-state index in [0.29, 0.717) is 6.61 Å². The van der Waals surface area contributed by atoms with Gasteiger partial charge in [0, 0.05) is 12.1 Å². The van der Waals surface area contributed by atoms with Gasteiger partial charge in [-0.1, -0.05) is 17.7 Å². The molecule has 2 rings (SSSR count). The van der Waals surface area contributed by atoms with Crippen LogP contribution in [0.3, 0.4) is 0 Å². The Morgan fingerprint density at radius 1 is 1.33 bits per heavy atom. The molecule has 0 saturated heterocycles. The first-order chi connectivity index (χ1) is 8.65. The first-order valence-electron chi connectivity index (χ1n) is 6.79.